The third kappa shape index (κ3) is 5.13. The molecule has 5 nitrogen and oxygen atoms in total. The molecule has 0 aliphatic heterocycles. The van der Waals surface area contributed by atoms with E-state index < -0.39 is 0 Å². The number of amides is 1. The monoisotopic (exact) mass is 310 g/mol. The molecule has 0 saturated heterocycles. The van der Waals surface area contributed by atoms with Crippen LogP contribution in [0, 0.1) is 0 Å². The molecule has 1 aromatic heterocycles. The fourth-order valence-electron chi connectivity index (χ4n) is 2.65. The van der Waals surface area contributed by atoms with Crippen molar-refractivity contribution in [2.24, 2.45) is 0 Å². The second kappa shape index (κ2) is 8.14. The van der Waals surface area contributed by atoms with Gasteiger partial charge in [-0.05, 0) is 24.3 Å². The molecule has 0 radical (unpaired) electrons. The molecule has 1 aliphatic carbocycles. The molecule has 0 bridgehead atoms. The maximum Gasteiger partial charge on any atom is 0.319 e. The van der Waals surface area contributed by atoms with Gasteiger partial charge in [-0.1, -0.05) is 18.9 Å². The van der Waals surface area contributed by atoms with Gasteiger partial charge in [0.25, 0.3) is 0 Å². The first-order valence-electron chi connectivity index (χ1n) is 7.29. The van der Waals surface area contributed by atoms with Gasteiger partial charge in [0.05, 0.1) is 26.7 Å². The Balaban J connectivity index is 1.84. The summed E-state index contributed by atoms with van der Waals surface area (Å²) in [5.41, 5.74) is 0. The van der Waals surface area contributed by atoms with Gasteiger partial charge in [0.2, 0.25) is 5.91 Å². The maximum absolute atomic E-state index is 12.1. The van der Waals surface area contributed by atoms with Gasteiger partial charge < -0.3 is 10.1 Å². The Morgan fingerprint density at radius 2 is 2.14 bits per heavy atom. The lowest BCUT2D eigenvalue weighted by Gasteiger charge is -2.26. The van der Waals surface area contributed by atoms with Crippen LogP contribution in [0.1, 0.15) is 30.6 Å². The first kappa shape index (κ1) is 16.0. The van der Waals surface area contributed by atoms with Crippen LogP contribution in [-0.2, 0) is 20.9 Å². The molecular formula is C15H22N2O3S. The molecule has 0 unspecified atom stereocenters. The summed E-state index contributed by atoms with van der Waals surface area (Å²) in [4.78, 5) is 26.7. The Kier molecular flexibility index (Phi) is 6.20. The van der Waals surface area contributed by atoms with E-state index in [2.05, 4.69) is 5.32 Å². The number of carbonyl (C=O) groups excluding carboxylic acids is 2. The van der Waals surface area contributed by atoms with Gasteiger partial charge in [0, 0.05) is 10.9 Å². The van der Waals surface area contributed by atoms with Gasteiger partial charge in [-0.15, -0.1) is 11.3 Å². The summed E-state index contributed by atoms with van der Waals surface area (Å²) in [5, 5.41) is 4.90. The number of carbonyl (C=O) groups is 2. The number of esters is 1. The average Bonchev–Trinajstić information content (AvgIpc) is 3.17. The Bertz CT molecular complexity index is 455. The molecule has 0 aromatic carbocycles. The number of hydrogen-bond acceptors (Lipinski definition) is 5. The summed E-state index contributed by atoms with van der Waals surface area (Å²) in [7, 11) is 1.38. The van der Waals surface area contributed by atoms with Crippen LogP contribution in [0.15, 0.2) is 17.5 Å². The van der Waals surface area contributed by atoms with E-state index in [1.165, 1.54) is 20.0 Å². The van der Waals surface area contributed by atoms with Gasteiger partial charge in [-0.25, -0.2) is 0 Å². The van der Waals surface area contributed by atoms with E-state index in [9.17, 15) is 9.59 Å². The quantitative estimate of drug-likeness (QED) is 0.780. The van der Waals surface area contributed by atoms with Gasteiger partial charge in [-0.2, -0.15) is 0 Å². The van der Waals surface area contributed by atoms with E-state index in [0.717, 1.165) is 17.7 Å². The minimum atomic E-state index is -0.284. The zero-order valence-corrected chi connectivity index (χ0v) is 13.2. The van der Waals surface area contributed by atoms with Crippen LogP contribution < -0.4 is 5.32 Å². The van der Waals surface area contributed by atoms with Crippen molar-refractivity contribution in [3.05, 3.63) is 22.4 Å². The van der Waals surface area contributed by atoms with Gasteiger partial charge >= 0.3 is 5.97 Å². The van der Waals surface area contributed by atoms with E-state index in [1.54, 1.807) is 11.3 Å². The molecule has 0 spiro atoms. The number of ether oxygens (including phenoxy) is 1. The molecule has 1 fully saturated rings. The zero-order valence-electron chi connectivity index (χ0n) is 12.3. The molecule has 1 amide bonds. The molecule has 1 aliphatic rings. The first-order chi connectivity index (χ1) is 10.2. The van der Waals surface area contributed by atoms with Gasteiger partial charge in [-0.3, -0.25) is 14.5 Å². The molecule has 1 heterocycles. The third-order valence-electron chi connectivity index (χ3n) is 3.79. The normalized spacial score (nSPS) is 15.3. The topological polar surface area (TPSA) is 58.6 Å². The second-order valence-electron chi connectivity index (χ2n) is 5.28. The van der Waals surface area contributed by atoms with Crippen molar-refractivity contribution in [2.75, 3.05) is 20.2 Å². The molecule has 6 heteroatoms. The number of nitrogens with zero attached hydrogens (tertiary/aromatic N) is 1. The number of hydrogen-bond donors (Lipinski definition) is 1. The SMILES string of the molecule is COC(=O)CN(CC(=O)NCc1cccs1)C1CCCC1. The third-order valence-corrected chi connectivity index (χ3v) is 4.66. The highest BCUT2D eigenvalue weighted by Gasteiger charge is 2.26. The molecule has 21 heavy (non-hydrogen) atoms. The molecule has 2 rings (SSSR count). The maximum atomic E-state index is 12.1. The van der Waals surface area contributed by atoms with E-state index in [1.807, 2.05) is 22.4 Å². The lowest BCUT2D eigenvalue weighted by Crippen LogP contribution is -2.44. The number of nitrogens with one attached hydrogen (secondary N) is 1. The largest absolute Gasteiger partial charge is 0.468 e. The van der Waals surface area contributed by atoms with Crippen LogP contribution in [0.3, 0.4) is 0 Å². The summed E-state index contributed by atoms with van der Waals surface area (Å²) >= 11 is 1.62. The van der Waals surface area contributed by atoms with Crippen molar-refractivity contribution >= 4 is 23.2 Å². The van der Waals surface area contributed by atoms with Crippen LogP contribution in [0.2, 0.25) is 0 Å². The van der Waals surface area contributed by atoms with Crippen LogP contribution in [0.25, 0.3) is 0 Å². The Labute approximate surface area is 129 Å². The Hall–Kier alpha value is -1.40. The summed E-state index contributed by atoms with van der Waals surface area (Å²) in [5.74, 6) is -0.327. The predicted octanol–water partition coefficient (Wildman–Crippen LogP) is 1.78. The van der Waals surface area contributed by atoms with Crippen LogP contribution >= 0.6 is 11.3 Å². The Morgan fingerprint density at radius 3 is 2.76 bits per heavy atom. The lowest BCUT2D eigenvalue weighted by atomic mass is 10.2. The highest BCUT2D eigenvalue weighted by Crippen LogP contribution is 2.23. The van der Waals surface area contributed by atoms with Crippen molar-refractivity contribution in [3.63, 3.8) is 0 Å². The van der Waals surface area contributed by atoms with Crippen molar-refractivity contribution < 1.29 is 14.3 Å². The van der Waals surface area contributed by atoms with Crippen molar-refractivity contribution in [2.45, 2.75) is 38.3 Å². The number of rotatable bonds is 7. The van der Waals surface area contributed by atoms with E-state index in [-0.39, 0.29) is 25.0 Å². The van der Waals surface area contributed by atoms with Crippen molar-refractivity contribution in [3.8, 4) is 0 Å². The van der Waals surface area contributed by atoms with E-state index >= 15 is 0 Å². The Morgan fingerprint density at radius 1 is 1.38 bits per heavy atom. The molecule has 1 aromatic rings. The summed E-state index contributed by atoms with van der Waals surface area (Å²) in [6.45, 7) is 0.992. The van der Waals surface area contributed by atoms with Crippen LogP contribution in [0.5, 0.6) is 0 Å². The fraction of sp³-hybridized carbons (Fsp3) is 0.600. The summed E-state index contributed by atoms with van der Waals surface area (Å²) in [6.07, 6.45) is 4.43. The molecule has 1 saturated carbocycles. The smallest absolute Gasteiger partial charge is 0.319 e. The summed E-state index contributed by atoms with van der Waals surface area (Å²) in [6, 6.07) is 4.28. The number of thiophene rings is 1. The highest BCUT2D eigenvalue weighted by molar-refractivity contribution is 7.09. The molecule has 0 atom stereocenters. The van der Waals surface area contributed by atoms with Crippen LogP contribution in [-0.4, -0.2) is 43.0 Å². The van der Waals surface area contributed by atoms with E-state index in [4.69, 9.17) is 4.74 Å². The summed E-state index contributed by atoms with van der Waals surface area (Å²) < 4.78 is 4.73. The minimum Gasteiger partial charge on any atom is -0.468 e. The van der Waals surface area contributed by atoms with Gasteiger partial charge in [0.15, 0.2) is 0 Å². The fourth-order valence-corrected chi connectivity index (χ4v) is 3.30. The predicted molar refractivity (Wildman–Crippen MR) is 82.0 cm³/mol. The number of methoxy groups -OCH3 is 1. The van der Waals surface area contributed by atoms with Crippen molar-refractivity contribution in [1.82, 2.24) is 10.2 Å². The molecule has 116 valence electrons. The second-order valence-corrected chi connectivity index (χ2v) is 6.31. The standard InChI is InChI=1S/C15H22N2O3S/c1-20-15(19)11-17(12-5-2-3-6-12)10-14(18)16-9-13-7-4-8-21-13/h4,7-8,12H,2-3,5-6,9-11H2,1H3,(H,16,18). The zero-order chi connectivity index (χ0) is 15.1. The highest BCUT2D eigenvalue weighted by atomic mass is 32.1. The van der Waals surface area contributed by atoms with Crippen molar-refractivity contribution in [1.29, 1.82) is 0 Å². The van der Waals surface area contributed by atoms with Crippen LogP contribution in [0.4, 0.5) is 0 Å². The first-order valence-corrected chi connectivity index (χ1v) is 8.17. The molecule has 1 N–H and O–H groups in total. The minimum absolute atomic E-state index is 0.0424. The molecular weight excluding hydrogens is 288 g/mol. The lowest BCUT2D eigenvalue weighted by molar-refractivity contribution is -0.143. The van der Waals surface area contributed by atoms with E-state index in [0.29, 0.717) is 12.6 Å². The van der Waals surface area contributed by atoms with Gasteiger partial charge in [0.1, 0.15) is 0 Å². The average molecular weight is 310 g/mol.